The van der Waals surface area contributed by atoms with Crippen LogP contribution < -0.4 is 5.32 Å². The summed E-state index contributed by atoms with van der Waals surface area (Å²) in [6, 6.07) is 33.5. The molecule has 0 unspecified atom stereocenters. The number of anilines is 2. The summed E-state index contributed by atoms with van der Waals surface area (Å²) in [5, 5.41) is 3.65. The fourth-order valence-electron chi connectivity index (χ4n) is 5.69. The second kappa shape index (κ2) is 5.86. The molecule has 4 aromatic rings. The Morgan fingerprint density at radius 3 is 1.73 bits per heavy atom. The molecule has 0 bridgehead atoms. The average Bonchev–Trinajstić information content (AvgIpc) is 3.01. The van der Waals surface area contributed by atoms with Gasteiger partial charge in [-0.25, -0.2) is 0 Å². The van der Waals surface area contributed by atoms with Crippen LogP contribution in [0.4, 0.5) is 11.4 Å². The van der Waals surface area contributed by atoms with Gasteiger partial charge in [-0.05, 0) is 64.1 Å². The summed E-state index contributed by atoms with van der Waals surface area (Å²) in [6.07, 6.45) is 0. The zero-order chi connectivity index (χ0) is 20.5. The molecular formula is C29H25N. The van der Waals surface area contributed by atoms with Crippen molar-refractivity contribution in [3.05, 3.63) is 119 Å². The molecule has 146 valence electrons. The van der Waals surface area contributed by atoms with Gasteiger partial charge in [-0.2, -0.15) is 0 Å². The molecule has 1 aliphatic heterocycles. The first kappa shape index (κ1) is 17.5. The topological polar surface area (TPSA) is 12.0 Å². The van der Waals surface area contributed by atoms with Crippen LogP contribution in [-0.2, 0) is 10.8 Å². The first-order valence-electron chi connectivity index (χ1n) is 10.7. The van der Waals surface area contributed by atoms with Gasteiger partial charge in [0.25, 0.3) is 0 Å². The minimum Gasteiger partial charge on any atom is -0.355 e. The Morgan fingerprint density at radius 1 is 0.533 bits per heavy atom. The maximum absolute atomic E-state index is 3.65. The summed E-state index contributed by atoms with van der Waals surface area (Å²) in [6.45, 7) is 7.06. The maximum atomic E-state index is 3.65. The van der Waals surface area contributed by atoms with E-state index in [1.54, 1.807) is 0 Å². The van der Waals surface area contributed by atoms with Gasteiger partial charge >= 0.3 is 0 Å². The molecule has 1 nitrogen and oxygen atoms in total. The molecule has 4 aromatic carbocycles. The minimum atomic E-state index is -0.213. The Labute approximate surface area is 178 Å². The minimum absolute atomic E-state index is 0.0370. The van der Waals surface area contributed by atoms with E-state index in [4.69, 9.17) is 0 Å². The number of hydrogen-bond acceptors (Lipinski definition) is 1. The van der Waals surface area contributed by atoms with Crippen molar-refractivity contribution in [2.45, 2.75) is 31.6 Å². The molecule has 0 fully saturated rings. The average molecular weight is 388 g/mol. The fourth-order valence-corrected chi connectivity index (χ4v) is 5.69. The Morgan fingerprint density at radius 2 is 1.07 bits per heavy atom. The highest BCUT2D eigenvalue weighted by atomic mass is 14.9. The third-order valence-corrected chi connectivity index (χ3v) is 7.36. The lowest BCUT2D eigenvalue weighted by molar-refractivity contribution is 0.656. The number of hydrogen-bond donors (Lipinski definition) is 1. The maximum Gasteiger partial charge on any atom is 0.0464 e. The van der Waals surface area contributed by atoms with Gasteiger partial charge in [0.2, 0.25) is 0 Å². The summed E-state index contributed by atoms with van der Waals surface area (Å²) in [7, 11) is 0. The number of benzene rings is 4. The number of rotatable bonds is 1. The van der Waals surface area contributed by atoms with Crippen LogP contribution in [0.3, 0.4) is 0 Å². The molecule has 0 radical (unpaired) electrons. The molecule has 1 heteroatoms. The predicted octanol–water partition coefficient (Wildman–Crippen LogP) is 7.40. The molecule has 1 heterocycles. The summed E-state index contributed by atoms with van der Waals surface area (Å²) in [5.74, 6) is 0. The van der Waals surface area contributed by atoms with Crippen LogP contribution in [0.15, 0.2) is 91.0 Å². The highest BCUT2D eigenvalue weighted by Gasteiger charge is 2.41. The van der Waals surface area contributed by atoms with Crippen LogP contribution in [0.2, 0.25) is 0 Å². The lowest BCUT2D eigenvalue weighted by Crippen LogP contribution is -2.30. The van der Waals surface area contributed by atoms with Crippen molar-refractivity contribution < 1.29 is 0 Å². The van der Waals surface area contributed by atoms with E-state index in [9.17, 15) is 0 Å². The molecule has 0 atom stereocenters. The van der Waals surface area contributed by atoms with Crippen molar-refractivity contribution in [1.29, 1.82) is 0 Å². The van der Waals surface area contributed by atoms with Crippen LogP contribution in [0, 0.1) is 0 Å². The number of para-hydroxylation sites is 2. The van der Waals surface area contributed by atoms with E-state index in [-0.39, 0.29) is 10.8 Å². The standard InChI is InChI=1S/C29H25N/c1-28(2)22-11-5-4-10-20(22)21-18-19(16-17-23(21)28)29(3)24-12-6-8-14-26(24)30-27-15-9-7-13-25(27)29/h4-18,30H,1-3H3. The van der Waals surface area contributed by atoms with Crippen LogP contribution in [0.5, 0.6) is 0 Å². The van der Waals surface area contributed by atoms with Crippen LogP contribution in [0.1, 0.15) is 48.6 Å². The van der Waals surface area contributed by atoms with Crippen molar-refractivity contribution in [3.8, 4) is 11.1 Å². The van der Waals surface area contributed by atoms with Crippen molar-refractivity contribution in [2.75, 3.05) is 5.32 Å². The molecule has 1 aliphatic carbocycles. The molecule has 6 rings (SSSR count). The summed E-state index contributed by atoms with van der Waals surface area (Å²) in [4.78, 5) is 0. The van der Waals surface area contributed by atoms with Crippen molar-refractivity contribution >= 4 is 11.4 Å². The van der Waals surface area contributed by atoms with E-state index in [0.717, 1.165) is 0 Å². The molecule has 0 saturated heterocycles. The van der Waals surface area contributed by atoms with Gasteiger partial charge in [-0.15, -0.1) is 0 Å². The Balaban J connectivity index is 1.64. The van der Waals surface area contributed by atoms with Crippen molar-refractivity contribution in [3.63, 3.8) is 0 Å². The molecule has 2 aliphatic rings. The largest absolute Gasteiger partial charge is 0.355 e. The Kier molecular flexibility index (Phi) is 3.42. The smallest absolute Gasteiger partial charge is 0.0464 e. The zero-order valence-corrected chi connectivity index (χ0v) is 17.7. The monoisotopic (exact) mass is 387 g/mol. The van der Waals surface area contributed by atoms with E-state index < -0.39 is 0 Å². The first-order valence-corrected chi connectivity index (χ1v) is 10.7. The van der Waals surface area contributed by atoms with Gasteiger partial charge in [0.1, 0.15) is 0 Å². The number of nitrogens with one attached hydrogen (secondary N) is 1. The Bertz CT molecular complexity index is 1270. The molecule has 0 spiro atoms. The number of fused-ring (bicyclic) bond motifs is 5. The molecule has 1 N–H and O–H groups in total. The normalized spacial score (nSPS) is 16.6. The lowest BCUT2D eigenvalue weighted by Gasteiger charge is -2.39. The molecular weight excluding hydrogens is 362 g/mol. The summed E-state index contributed by atoms with van der Waals surface area (Å²) < 4.78 is 0. The van der Waals surface area contributed by atoms with E-state index >= 15 is 0 Å². The lowest BCUT2D eigenvalue weighted by atomic mass is 9.67. The van der Waals surface area contributed by atoms with Gasteiger partial charge < -0.3 is 5.32 Å². The van der Waals surface area contributed by atoms with Gasteiger partial charge in [0, 0.05) is 22.2 Å². The molecule has 0 amide bonds. The SMILES string of the molecule is CC1(C)c2ccccc2-c2cc(C3(C)c4ccccc4Nc4ccccc43)ccc21. The van der Waals surface area contributed by atoms with E-state index in [1.807, 2.05) is 0 Å². The van der Waals surface area contributed by atoms with Crippen LogP contribution in [-0.4, -0.2) is 0 Å². The summed E-state index contributed by atoms with van der Waals surface area (Å²) in [5.41, 5.74) is 11.8. The molecule has 0 aromatic heterocycles. The van der Waals surface area contributed by atoms with E-state index in [0.29, 0.717) is 0 Å². The van der Waals surface area contributed by atoms with Gasteiger partial charge in [0.05, 0.1) is 0 Å². The fraction of sp³-hybridized carbons (Fsp3) is 0.172. The van der Waals surface area contributed by atoms with Crippen molar-refractivity contribution in [1.82, 2.24) is 0 Å². The first-order chi connectivity index (χ1) is 14.5. The van der Waals surface area contributed by atoms with E-state index in [1.165, 1.54) is 50.3 Å². The third kappa shape index (κ3) is 2.13. The molecule has 0 saturated carbocycles. The Hall–Kier alpha value is -3.32. The van der Waals surface area contributed by atoms with E-state index in [2.05, 4.69) is 117 Å². The highest BCUT2D eigenvalue weighted by Crippen LogP contribution is 2.53. The van der Waals surface area contributed by atoms with Gasteiger partial charge in [0.15, 0.2) is 0 Å². The second-order valence-corrected chi connectivity index (χ2v) is 9.27. The molecule has 30 heavy (non-hydrogen) atoms. The van der Waals surface area contributed by atoms with Gasteiger partial charge in [-0.3, -0.25) is 0 Å². The second-order valence-electron chi connectivity index (χ2n) is 9.27. The summed E-state index contributed by atoms with van der Waals surface area (Å²) >= 11 is 0. The zero-order valence-electron chi connectivity index (χ0n) is 17.7. The highest BCUT2D eigenvalue weighted by molar-refractivity contribution is 5.83. The predicted molar refractivity (Wildman–Crippen MR) is 126 cm³/mol. The van der Waals surface area contributed by atoms with Crippen LogP contribution in [0.25, 0.3) is 11.1 Å². The van der Waals surface area contributed by atoms with Crippen molar-refractivity contribution in [2.24, 2.45) is 0 Å². The van der Waals surface area contributed by atoms with Gasteiger partial charge in [-0.1, -0.05) is 86.6 Å². The quantitative estimate of drug-likeness (QED) is 0.359. The third-order valence-electron chi connectivity index (χ3n) is 7.36. The van der Waals surface area contributed by atoms with Crippen LogP contribution >= 0.6 is 0 Å².